The molecule has 1 atom stereocenters. The number of aromatic nitrogens is 1. The van der Waals surface area contributed by atoms with Gasteiger partial charge in [-0.25, -0.2) is 14.2 Å². The highest BCUT2D eigenvalue weighted by molar-refractivity contribution is 7.17. The molecule has 9 heteroatoms. The van der Waals surface area contributed by atoms with Crippen LogP contribution in [0.2, 0.25) is 0 Å². The predicted octanol–water partition coefficient (Wildman–Crippen LogP) is 5.10. The van der Waals surface area contributed by atoms with Crippen LogP contribution in [0.3, 0.4) is 0 Å². The summed E-state index contributed by atoms with van der Waals surface area (Å²) in [5.74, 6) is -1.88. The van der Waals surface area contributed by atoms with Gasteiger partial charge in [-0.1, -0.05) is 53.8 Å². The number of amides is 1. The van der Waals surface area contributed by atoms with Crippen molar-refractivity contribution in [1.82, 2.24) is 4.98 Å². The molecule has 2 aromatic carbocycles. The number of benzene rings is 2. The van der Waals surface area contributed by atoms with Gasteiger partial charge in [-0.2, -0.15) is 0 Å². The fourth-order valence-corrected chi connectivity index (χ4v) is 5.07. The number of anilines is 1. The third kappa shape index (κ3) is 3.74. The van der Waals surface area contributed by atoms with Crippen molar-refractivity contribution < 1.29 is 23.1 Å². The summed E-state index contributed by atoms with van der Waals surface area (Å²) >= 11 is 0.985. The zero-order valence-corrected chi connectivity index (χ0v) is 19.6. The molecule has 1 amide bonds. The molecule has 176 valence electrons. The maximum atomic E-state index is 13.9. The lowest BCUT2D eigenvalue weighted by Gasteiger charge is -2.22. The Hall–Kier alpha value is -4.11. The van der Waals surface area contributed by atoms with Gasteiger partial charge in [0.05, 0.1) is 22.7 Å². The highest BCUT2D eigenvalue weighted by atomic mass is 32.1. The van der Waals surface area contributed by atoms with Crippen molar-refractivity contribution in [1.29, 1.82) is 0 Å². The first-order chi connectivity index (χ1) is 16.8. The second-order valence-electron chi connectivity index (χ2n) is 8.10. The molecule has 35 heavy (non-hydrogen) atoms. The Kier molecular flexibility index (Phi) is 5.56. The molecule has 1 aliphatic heterocycles. The van der Waals surface area contributed by atoms with Crippen LogP contribution < -0.4 is 10.3 Å². The van der Waals surface area contributed by atoms with Crippen molar-refractivity contribution in [3.8, 4) is 0 Å². The van der Waals surface area contributed by atoms with Gasteiger partial charge in [-0.05, 0) is 37.6 Å². The van der Waals surface area contributed by atoms with E-state index in [0.717, 1.165) is 29.0 Å². The van der Waals surface area contributed by atoms with Gasteiger partial charge in [0.15, 0.2) is 10.6 Å². The zero-order chi connectivity index (χ0) is 24.9. The van der Waals surface area contributed by atoms with Crippen LogP contribution in [-0.4, -0.2) is 23.5 Å². The first kappa shape index (κ1) is 22.7. The van der Waals surface area contributed by atoms with E-state index >= 15 is 0 Å². The van der Waals surface area contributed by atoms with Gasteiger partial charge in [-0.3, -0.25) is 14.5 Å². The summed E-state index contributed by atoms with van der Waals surface area (Å²) in [7, 11) is 0. The summed E-state index contributed by atoms with van der Waals surface area (Å²) in [5.41, 5.74) is 1.74. The molecule has 0 saturated heterocycles. The van der Waals surface area contributed by atoms with E-state index in [1.54, 1.807) is 6.92 Å². The lowest BCUT2D eigenvalue weighted by molar-refractivity contribution is 0.0554. The lowest BCUT2D eigenvalue weighted by Crippen LogP contribution is -2.29. The molecule has 0 N–H and O–H groups in total. The zero-order valence-electron chi connectivity index (χ0n) is 18.8. The van der Waals surface area contributed by atoms with Gasteiger partial charge in [0.25, 0.3) is 5.91 Å². The van der Waals surface area contributed by atoms with E-state index in [1.807, 2.05) is 31.2 Å². The van der Waals surface area contributed by atoms with Crippen molar-refractivity contribution in [2.75, 3.05) is 11.5 Å². The average Bonchev–Trinajstić information content (AvgIpc) is 3.36. The van der Waals surface area contributed by atoms with Crippen molar-refractivity contribution in [2.24, 2.45) is 0 Å². The Morgan fingerprint density at radius 1 is 1.23 bits per heavy atom. The smallest absolute Gasteiger partial charge is 0.350 e. The highest BCUT2D eigenvalue weighted by Gasteiger charge is 2.45. The van der Waals surface area contributed by atoms with Crippen molar-refractivity contribution in [3.63, 3.8) is 0 Å². The number of rotatable bonds is 5. The number of hydrogen-bond donors (Lipinski definition) is 0. The third-order valence-electron chi connectivity index (χ3n) is 5.73. The van der Waals surface area contributed by atoms with Crippen molar-refractivity contribution in [2.45, 2.75) is 19.9 Å². The Morgan fingerprint density at radius 2 is 1.97 bits per heavy atom. The van der Waals surface area contributed by atoms with Crippen molar-refractivity contribution in [3.05, 3.63) is 104 Å². The molecule has 1 aliphatic rings. The van der Waals surface area contributed by atoms with Gasteiger partial charge in [0.1, 0.15) is 22.9 Å². The molecule has 2 aromatic heterocycles. The normalized spacial score (nSPS) is 14.9. The second-order valence-corrected chi connectivity index (χ2v) is 9.08. The average molecular weight is 491 g/mol. The molecule has 0 spiro atoms. The second kappa shape index (κ2) is 8.59. The van der Waals surface area contributed by atoms with Crippen LogP contribution >= 0.6 is 11.3 Å². The topological polar surface area (TPSA) is 89.7 Å². The molecule has 0 saturated carbocycles. The molecule has 7 nitrogen and oxygen atoms in total. The van der Waals surface area contributed by atoms with Crippen molar-refractivity contribution >= 4 is 39.3 Å². The SMILES string of the molecule is C=CCOC(=O)c1sc(N2C(=O)c3oc4ccc(F)cc4c(=O)c3[C@H]2c2ccc(C)cc2)nc1C. The number of esters is 1. The van der Waals surface area contributed by atoms with Gasteiger partial charge in [-0.15, -0.1) is 0 Å². The molecule has 0 radical (unpaired) electrons. The molecule has 4 aromatic rings. The number of thiazole rings is 1. The predicted molar refractivity (Wildman–Crippen MR) is 130 cm³/mol. The molecule has 0 aliphatic carbocycles. The van der Waals surface area contributed by atoms with E-state index in [2.05, 4.69) is 11.6 Å². The van der Waals surface area contributed by atoms with Gasteiger partial charge in [0.2, 0.25) is 5.76 Å². The Balaban J connectivity index is 1.72. The van der Waals surface area contributed by atoms with Crippen LogP contribution in [0.15, 0.2) is 64.3 Å². The van der Waals surface area contributed by atoms with E-state index in [1.165, 1.54) is 17.0 Å². The summed E-state index contributed by atoms with van der Waals surface area (Å²) in [4.78, 5) is 45.7. The number of carbonyl (C=O) groups is 2. The van der Waals surface area contributed by atoms with E-state index < -0.39 is 29.2 Å². The maximum absolute atomic E-state index is 13.9. The number of nitrogens with zero attached hydrogens (tertiary/aromatic N) is 2. The van der Waals surface area contributed by atoms with E-state index in [4.69, 9.17) is 9.15 Å². The number of aryl methyl sites for hydroxylation is 2. The van der Waals surface area contributed by atoms with Crippen LogP contribution in [0.1, 0.15) is 48.7 Å². The van der Waals surface area contributed by atoms with Gasteiger partial charge in [0, 0.05) is 0 Å². The largest absolute Gasteiger partial charge is 0.457 e. The van der Waals surface area contributed by atoms with Crippen LogP contribution in [0, 0.1) is 19.7 Å². The lowest BCUT2D eigenvalue weighted by atomic mass is 9.98. The fraction of sp³-hybridized carbons (Fsp3) is 0.154. The summed E-state index contributed by atoms with van der Waals surface area (Å²) in [6.45, 7) is 7.13. The fourth-order valence-electron chi connectivity index (χ4n) is 4.08. The molecule has 0 unspecified atom stereocenters. The van der Waals surface area contributed by atoms with Crippen LogP contribution in [0.25, 0.3) is 11.0 Å². The Labute approximate surface area is 203 Å². The Morgan fingerprint density at radius 3 is 2.69 bits per heavy atom. The molecular weight excluding hydrogens is 471 g/mol. The monoisotopic (exact) mass is 490 g/mol. The molecule has 0 bridgehead atoms. The van der Waals surface area contributed by atoms with E-state index in [-0.39, 0.29) is 38.9 Å². The quantitative estimate of drug-likeness (QED) is 0.286. The minimum Gasteiger partial charge on any atom is -0.457 e. The number of hydrogen-bond acceptors (Lipinski definition) is 7. The summed E-state index contributed by atoms with van der Waals surface area (Å²) in [6.07, 6.45) is 1.45. The number of carbonyl (C=O) groups excluding carboxylic acids is 2. The molecule has 5 rings (SSSR count). The summed E-state index contributed by atoms with van der Waals surface area (Å²) in [6, 6.07) is 10.1. The van der Waals surface area contributed by atoms with Gasteiger partial charge < -0.3 is 9.15 Å². The minimum atomic E-state index is -0.871. The maximum Gasteiger partial charge on any atom is 0.350 e. The first-order valence-electron chi connectivity index (χ1n) is 10.7. The highest BCUT2D eigenvalue weighted by Crippen LogP contribution is 2.43. The molecule has 0 fully saturated rings. The van der Waals surface area contributed by atoms with Crippen LogP contribution in [0.4, 0.5) is 9.52 Å². The number of fused-ring (bicyclic) bond motifs is 2. The standard InChI is InChI=1S/C26H19FN2O5S/c1-4-11-33-25(32)23-14(3)28-26(35-23)29-20(15-7-5-13(2)6-8-15)19-21(30)17-12-16(27)9-10-18(17)34-22(19)24(29)31/h4-10,12,20H,1,11H2,2-3H3/t20-/m1/s1. The molecule has 3 heterocycles. The number of ether oxygens (including phenoxy) is 1. The first-order valence-corrected chi connectivity index (χ1v) is 11.5. The number of halogens is 1. The van der Waals surface area contributed by atoms with Crippen LogP contribution in [0.5, 0.6) is 0 Å². The third-order valence-corrected chi connectivity index (χ3v) is 6.87. The van der Waals surface area contributed by atoms with Crippen LogP contribution in [-0.2, 0) is 4.74 Å². The van der Waals surface area contributed by atoms with E-state index in [9.17, 15) is 18.8 Å². The summed E-state index contributed by atoms with van der Waals surface area (Å²) < 4.78 is 24.9. The minimum absolute atomic E-state index is 0.0349. The van der Waals surface area contributed by atoms with E-state index in [0.29, 0.717) is 11.3 Å². The molecular formula is C26H19FN2O5S. The summed E-state index contributed by atoms with van der Waals surface area (Å²) in [5, 5.41) is 0.254. The Bertz CT molecular complexity index is 1570. The van der Waals surface area contributed by atoms with Gasteiger partial charge >= 0.3 is 5.97 Å².